The summed E-state index contributed by atoms with van der Waals surface area (Å²) in [5.74, 6) is -0.421. The number of amides is 1. The number of hydrogen-bond donors (Lipinski definition) is 2. The summed E-state index contributed by atoms with van der Waals surface area (Å²) in [6.07, 6.45) is 1.19. The van der Waals surface area contributed by atoms with Crippen LogP contribution in [-0.2, 0) is 10.1 Å². The first kappa shape index (κ1) is 24.4. The molecule has 1 amide bonds. The van der Waals surface area contributed by atoms with Crippen LogP contribution in [0.1, 0.15) is 10.4 Å². The number of nitrogens with two attached hydrogens (primary N) is 1. The van der Waals surface area contributed by atoms with E-state index in [2.05, 4.69) is 26.9 Å². The lowest BCUT2D eigenvalue weighted by atomic mass is 10.2. The van der Waals surface area contributed by atoms with Crippen LogP contribution in [0.25, 0.3) is 0 Å². The zero-order valence-corrected chi connectivity index (χ0v) is 19.0. The normalized spacial score (nSPS) is 13.8. The van der Waals surface area contributed by atoms with Crippen molar-refractivity contribution in [2.75, 3.05) is 36.0 Å². The minimum atomic E-state index is -4.18. The molecule has 11 heteroatoms. The van der Waals surface area contributed by atoms with Gasteiger partial charge in [0.2, 0.25) is 5.91 Å². The molecule has 0 bridgehead atoms. The zero-order chi connectivity index (χ0) is 24.0. The largest absolute Gasteiger partial charge is 0.368 e. The maximum absolute atomic E-state index is 12.4. The highest BCUT2D eigenvalue weighted by atomic mass is 35.5. The molecule has 3 N–H and O–H groups in total. The van der Waals surface area contributed by atoms with E-state index in [1.165, 1.54) is 24.0 Å². The lowest BCUT2D eigenvalue weighted by Gasteiger charge is -2.36. The van der Waals surface area contributed by atoms with Gasteiger partial charge in [-0.2, -0.15) is 8.42 Å². The van der Waals surface area contributed by atoms with Gasteiger partial charge in [0.1, 0.15) is 16.5 Å². The molecular weight excluding hydrogens is 471 g/mol. The molecule has 1 fully saturated rings. The van der Waals surface area contributed by atoms with Crippen molar-refractivity contribution in [2.45, 2.75) is 4.90 Å². The molecule has 1 aliphatic rings. The molecule has 0 aliphatic carbocycles. The smallest absolute Gasteiger partial charge is 0.296 e. The number of halogens is 2. The Bertz CT molecular complexity index is 1200. The van der Waals surface area contributed by atoms with Crippen LogP contribution < -0.4 is 15.5 Å². The fourth-order valence-corrected chi connectivity index (χ4v) is 3.92. The molecule has 174 valence electrons. The van der Waals surface area contributed by atoms with Crippen LogP contribution in [0.5, 0.6) is 0 Å². The van der Waals surface area contributed by atoms with Crippen molar-refractivity contribution in [2.24, 2.45) is 5.73 Å². The van der Waals surface area contributed by atoms with Gasteiger partial charge in [-0.3, -0.25) is 9.35 Å². The topological polar surface area (TPSA) is 117 Å². The number of piperazine rings is 1. The quantitative estimate of drug-likeness (QED) is 0.537. The van der Waals surface area contributed by atoms with E-state index in [0.29, 0.717) is 0 Å². The number of benzene rings is 2. The van der Waals surface area contributed by atoms with E-state index in [9.17, 15) is 17.6 Å². The third-order valence-corrected chi connectivity index (χ3v) is 6.09. The SMILES string of the molecule is NC(=O)c1ccc(F)cc1Cl.O=S(=O)(O)c1ccc(N2CCN(c3ccccc3)CC2)nc1. The second-order valence-corrected chi connectivity index (χ2v) is 8.95. The number of carbonyl (C=O) groups excluding carboxylic acids is 1. The Morgan fingerprint density at radius 2 is 1.64 bits per heavy atom. The summed E-state index contributed by atoms with van der Waals surface area (Å²) in [4.78, 5) is 18.9. The number of rotatable bonds is 4. The molecule has 0 atom stereocenters. The van der Waals surface area contributed by atoms with E-state index in [-0.39, 0.29) is 15.5 Å². The third kappa shape index (κ3) is 6.64. The monoisotopic (exact) mass is 492 g/mol. The Labute approximate surface area is 196 Å². The fraction of sp³-hybridized carbons (Fsp3) is 0.182. The standard InChI is InChI=1S/C15H17N3O3S.C7H5ClFNO/c19-22(20,21)14-6-7-15(16-12-14)18-10-8-17(9-11-18)13-4-2-1-3-5-13;8-6-3-4(9)1-2-5(6)7(10)11/h1-7,12H,8-11H2,(H,19,20,21);1-3H,(H2,10,11). The van der Waals surface area contributed by atoms with Crippen molar-refractivity contribution < 1.29 is 22.2 Å². The van der Waals surface area contributed by atoms with Gasteiger partial charge in [0.15, 0.2) is 0 Å². The number of anilines is 2. The highest BCUT2D eigenvalue weighted by Crippen LogP contribution is 2.20. The second-order valence-electron chi connectivity index (χ2n) is 7.13. The van der Waals surface area contributed by atoms with Gasteiger partial charge >= 0.3 is 0 Å². The Kier molecular flexibility index (Phi) is 7.85. The van der Waals surface area contributed by atoms with E-state index in [0.717, 1.165) is 44.1 Å². The molecule has 4 rings (SSSR count). The van der Waals surface area contributed by atoms with Crippen molar-refractivity contribution in [1.29, 1.82) is 0 Å². The first-order chi connectivity index (χ1) is 15.6. The molecule has 0 spiro atoms. The summed E-state index contributed by atoms with van der Waals surface area (Å²) < 4.78 is 43.4. The predicted molar refractivity (Wildman–Crippen MR) is 125 cm³/mol. The van der Waals surface area contributed by atoms with Crippen LogP contribution in [0, 0.1) is 5.82 Å². The van der Waals surface area contributed by atoms with Crippen LogP contribution in [0.3, 0.4) is 0 Å². The number of primary amides is 1. The van der Waals surface area contributed by atoms with Crippen molar-refractivity contribution >= 4 is 39.1 Å². The first-order valence-electron chi connectivity index (χ1n) is 9.88. The van der Waals surface area contributed by atoms with E-state index in [1.807, 2.05) is 18.2 Å². The van der Waals surface area contributed by atoms with Crippen molar-refractivity contribution in [3.05, 3.63) is 83.3 Å². The first-order valence-corrected chi connectivity index (χ1v) is 11.7. The second kappa shape index (κ2) is 10.6. The van der Waals surface area contributed by atoms with Crippen molar-refractivity contribution in [3.63, 3.8) is 0 Å². The molecule has 3 aromatic rings. The summed E-state index contributed by atoms with van der Waals surface area (Å²) >= 11 is 5.48. The van der Waals surface area contributed by atoms with Gasteiger partial charge < -0.3 is 15.5 Å². The summed E-state index contributed by atoms with van der Waals surface area (Å²) in [6.45, 7) is 3.39. The number of nitrogens with zero attached hydrogens (tertiary/aromatic N) is 3. The minimum absolute atomic E-state index is 0.0394. The Balaban J connectivity index is 0.000000235. The molecule has 0 saturated carbocycles. The van der Waals surface area contributed by atoms with Crippen molar-refractivity contribution in [1.82, 2.24) is 4.98 Å². The summed E-state index contributed by atoms with van der Waals surface area (Å²) in [5, 5.41) is 0.0394. The Morgan fingerprint density at radius 3 is 2.15 bits per heavy atom. The van der Waals surface area contributed by atoms with Crippen LogP contribution >= 0.6 is 11.6 Å². The van der Waals surface area contributed by atoms with E-state index < -0.39 is 21.8 Å². The maximum Gasteiger partial charge on any atom is 0.296 e. The number of carbonyl (C=O) groups is 1. The lowest BCUT2D eigenvalue weighted by Crippen LogP contribution is -2.46. The number of para-hydroxylation sites is 1. The lowest BCUT2D eigenvalue weighted by molar-refractivity contribution is 0.100. The third-order valence-electron chi connectivity index (χ3n) is 4.94. The Hall–Kier alpha value is -3.21. The Morgan fingerprint density at radius 1 is 1.00 bits per heavy atom. The van der Waals surface area contributed by atoms with E-state index in [4.69, 9.17) is 21.9 Å². The molecule has 1 aliphatic heterocycles. The number of hydrogen-bond acceptors (Lipinski definition) is 6. The molecule has 8 nitrogen and oxygen atoms in total. The van der Waals surface area contributed by atoms with Gasteiger partial charge in [0.25, 0.3) is 10.1 Å². The fourth-order valence-electron chi connectivity index (χ4n) is 3.23. The predicted octanol–water partition coefficient (Wildman–Crippen LogP) is 3.23. The molecule has 33 heavy (non-hydrogen) atoms. The van der Waals surface area contributed by atoms with Crippen LogP contribution in [-0.4, -0.2) is 50.0 Å². The summed E-state index contributed by atoms with van der Waals surface area (Å²) in [7, 11) is -4.18. The van der Waals surface area contributed by atoms with Crippen LogP contribution in [0.15, 0.2) is 71.8 Å². The van der Waals surface area contributed by atoms with Gasteiger partial charge in [-0.25, -0.2) is 9.37 Å². The van der Waals surface area contributed by atoms with Crippen LogP contribution in [0.4, 0.5) is 15.9 Å². The van der Waals surface area contributed by atoms with E-state index >= 15 is 0 Å². The van der Waals surface area contributed by atoms with Gasteiger partial charge in [0, 0.05) is 31.9 Å². The van der Waals surface area contributed by atoms with Gasteiger partial charge in [-0.1, -0.05) is 29.8 Å². The number of aromatic nitrogens is 1. The number of pyridine rings is 1. The summed E-state index contributed by atoms with van der Waals surface area (Å²) in [6, 6.07) is 16.7. The molecule has 0 unspecified atom stereocenters. The van der Waals surface area contributed by atoms with Crippen molar-refractivity contribution in [3.8, 4) is 0 Å². The van der Waals surface area contributed by atoms with Crippen LogP contribution in [0.2, 0.25) is 5.02 Å². The van der Waals surface area contributed by atoms with Gasteiger partial charge in [-0.05, 0) is 42.5 Å². The van der Waals surface area contributed by atoms with Gasteiger partial charge in [0.05, 0.1) is 16.8 Å². The minimum Gasteiger partial charge on any atom is -0.368 e. The molecule has 1 saturated heterocycles. The average molecular weight is 493 g/mol. The van der Waals surface area contributed by atoms with E-state index in [1.54, 1.807) is 6.07 Å². The molecule has 0 radical (unpaired) electrons. The molecule has 2 aromatic carbocycles. The highest BCUT2D eigenvalue weighted by Gasteiger charge is 2.19. The molecule has 2 heterocycles. The highest BCUT2D eigenvalue weighted by molar-refractivity contribution is 7.85. The molecular formula is C22H22ClFN4O4S. The zero-order valence-electron chi connectivity index (χ0n) is 17.4. The summed E-state index contributed by atoms with van der Waals surface area (Å²) in [5.41, 5.74) is 6.26. The van der Waals surface area contributed by atoms with Gasteiger partial charge in [-0.15, -0.1) is 0 Å². The maximum atomic E-state index is 12.4. The molecule has 1 aromatic heterocycles. The average Bonchev–Trinajstić information content (AvgIpc) is 2.79.